The Balaban J connectivity index is 1.34. The summed E-state index contributed by atoms with van der Waals surface area (Å²) < 4.78 is 17.7. The van der Waals surface area contributed by atoms with E-state index >= 15 is 0 Å². The molecule has 43 heavy (non-hydrogen) atoms. The van der Waals surface area contributed by atoms with Crippen LogP contribution in [0.4, 0.5) is 0 Å². The van der Waals surface area contributed by atoms with Crippen molar-refractivity contribution in [3.05, 3.63) is 102 Å². The van der Waals surface area contributed by atoms with Gasteiger partial charge in [0.2, 0.25) is 0 Å². The lowest BCUT2D eigenvalue weighted by Gasteiger charge is -2.22. The van der Waals surface area contributed by atoms with E-state index in [2.05, 4.69) is 20.6 Å². The highest BCUT2D eigenvalue weighted by molar-refractivity contribution is 5.96. The quantitative estimate of drug-likeness (QED) is 0.371. The molecule has 0 aliphatic carbocycles. The molecule has 3 aliphatic heterocycles. The molecular weight excluding hydrogens is 550 g/mol. The van der Waals surface area contributed by atoms with Crippen LogP contribution in [0.3, 0.4) is 0 Å². The standard InChI is InChI=1S/C32H29N5O6/c1-41-28-12-26-8-7-21(28)16-35-30(38)19-42-25-6-2-4-20(11-25)23-10-24(15-34-14-23)31(39)36-27-17-37(18-29(27)43-26)32(40)22-5-3-9-33-13-22/h2-15,27,29H,16-19H2,1H3,(H,35,38)(H,36,39)/t27-,29-/m0/s1. The van der Waals surface area contributed by atoms with Gasteiger partial charge >= 0.3 is 0 Å². The largest absolute Gasteiger partial charge is 0.496 e. The molecule has 1 saturated heterocycles. The van der Waals surface area contributed by atoms with Crippen molar-refractivity contribution in [1.29, 1.82) is 0 Å². The number of hydrogen-bond donors (Lipinski definition) is 2. The molecule has 2 N–H and O–H groups in total. The van der Waals surface area contributed by atoms with Gasteiger partial charge in [0.05, 0.1) is 30.8 Å². The second kappa shape index (κ2) is 12.2. The zero-order chi connectivity index (χ0) is 29.8. The minimum atomic E-state index is -0.560. The number of benzene rings is 2. The Morgan fingerprint density at radius 3 is 2.65 bits per heavy atom. The van der Waals surface area contributed by atoms with Crippen LogP contribution < -0.4 is 24.8 Å². The first-order valence-electron chi connectivity index (χ1n) is 13.8. The van der Waals surface area contributed by atoms with Gasteiger partial charge in [-0.25, -0.2) is 0 Å². The summed E-state index contributed by atoms with van der Waals surface area (Å²) in [4.78, 5) is 49.4. The molecule has 0 saturated carbocycles. The van der Waals surface area contributed by atoms with Gasteiger partial charge in [-0.2, -0.15) is 0 Å². The lowest BCUT2D eigenvalue weighted by molar-refractivity contribution is -0.123. The van der Waals surface area contributed by atoms with Crippen molar-refractivity contribution in [3.8, 4) is 28.4 Å². The second-order valence-electron chi connectivity index (χ2n) is 10.2. The molecule has 11 heteroatoms. The normalized spacial score (nSPS) is 18.4. The van der Waals surface area contributed by atoms with Gasteiger partial charge in [0, 0.05) is 55.1 Å². The van der Waals surface area contributed by atoms with Crippen LogP contribution in [0.25, 0.3) is 11.1 Å². The van der Waals surface area contributed by atoms with Crippen molar-refractivity contribution in [2.45, 2.75) is 18.7 Å². The molecule has 3 aliphatic rings. The minimum Gasteiger partial charge on any atom is -0.496 e. The maximum Gasteiger partial charge on any atom is 0.258 e. The van der Waals surface area contributed by atoms with Crippen LogP contribution in [-0.4, -0.2) is 71.5 Å². The fourth-order valence-electron chi connectivity index (χ4n) is 5.12. The predicted octanol–water partition coefficient (Wildman–Crippen LogP) is 2.86. The Labute approximate surface area is 247 Å². The summed E-state index contributed by atoms with van der Waals surface area (Å²) in [7, 11) is 1.54. The molecule has 2 atom stereocenters. The molecule has 6 bridgehead atoms. The third-order valence-electron chi connectivity index (χ3n) is 7.34. The summed E-state index contributed by atoms with van der Waals surface area (Å²) >= 11 is 0. The highest BCUT2D eigenvalue weighted by Crippen LogP contribution is 2.28. The number of carbonyl (C=O) groups is 3. The minimum absolute atomic E-state index is 0.176. The van der Waals surface area contributed by atoms with Gasteiger partial charge < -0.3 is 29.7 Å². The van der Waals surface area contributed by atoms with E-state index in [1.807, 2.05) is 12.1 Å². The van der Waals surface area contributed by atoms with E-state index in [9.17, 15) is 14.4 Å². The molecule has 5 heterocycles. The number of pyridine rings is 2. The van der Waals surface area contributed by atoms with E-state index in [-0.39, 0.29) is 44.0 Å². The van der Waals surface area contributed by atoms with Crippen LogP contribution in [-0.2, 0) is 11.3 Å². The number of fused-ring (bicyclic) bond motifs is 7. The van der Waals surface area contributed by atoms with Crippen LogP contribution in [0.2, 0.25) is 0 Å². The number of nitrogens with zero attached hydrogens (tertiary/aromatic N) is 3. The van der Waals surface area contributed by atoms with E-state index in [1.165, 1.54) is 19.5 Å². The molecule has 0 radical (unpaired) electrons. The van der Waals surface area contributed by atoms with E-state index in [0.29, 0.717) is 33.9 Å². The molecule has 2 aromatic heterocycles. The van der Waals surface area contributed by atoms with Crippen LogP contribution in [0.15, 0.2) is 85.5 Å². The Morgan fingerprint density at radius 2 is 1.81 bits per heavy atom. The summed E-state index contributed by atoms with van der Waals surface area (Å²) in [6.45, 7) is 0.520. The Kier molecular flexibility index (Phi) is 7.86. The second-order valence-corrected chi connectivity index (χ2v) is 10.2. The Morgan fingerprint density at radius 1 is 0.930 bits per heavy atom. The smallest absolute Gasteiger partial charge is 0.258 e. The first-order chi connectivity index (χ1) is 21.0. The summed E-state index contributed by atoms with van der Waals surface area (Å²) in [6.07, 6.45) is 5.70. The zero-order valence-corrected chi connectivity index (χ0v) is 23.4. The fourth-order valence-corrected chi connectivity index (χ4v) is 5.12. The van der Waals surface area contributed by atoms with Crippen molar-refractivity contribution < 1.29 is 28.6 Å². The van der Waals surface area contributed by atoms with Gasteiger partial charge in [-0.1, -0.05) is 12.1 Å². The number of methoxy groups -OCH3 is 1. The van der Waals surface area contributed by atoms with Gasteiger partial charge in [-0.3, -0.25) is 24.4 Å². The molecule has 11 nitrogen and oxygen atoms in total. The number of aromatic nitrogens is 2. The van der Waals surface area contributed by atoms with Crippen molar-refractivity contribution in [1.82, 2.24) is 25.5 Å². The Bertz CT molecular complexity index is 1660. The number of hydrogen-bond acceptors (Lipinski definition) is 8. The van der Waals surface area contributed by atoms with Gasteiger partial charge in [0.25, 0.3) is 17.7 Å². The first kappa shape index (κ1) is 27.7. The Hall–Kier alpha value is -5.45. The fraction of sp³-hybridized carbons (Fsp3) is 0.219. The van der Waals surface area contributed by atoms with E-state index in [4.69, 9.17) is 14.2 Å². The number of amides is 3. The number of rotatable bonds is 2. The monoisotopic (exact) mass is 579 g/mol. The first-order valence-corrected chi connectivity index (χ1v) is 13.8. The van der Waals surface area contributed by atoms with Crippen LogP contribution in [0, 0.1) is 0 Å². The molecule has 2 aromatic carbocycles. The molecule has 218 valence electrons. The molecule has 0 unspecified atom stereocenters. The summed E-state index contributed by atoms with van der Waals surface area (Å²) in [5.74, 6) is 0.656. The number of ether oxygens (including phenoxy) is 3. The zero-order valence-electron chi connectivity index (χ0n) is 23.4. The van der Waals surface area contributed by atoms with E-state index < -0.39 is 12.1 Å². The average Bonchev–Trinajstić information content (AvgIpc) is 3.44. The van der Waals surface area contributed by atoms with Crippen molar-refractivity contribution in [2.24, 2.45) is 0 Å². The average molecular weight is 580 g/mol. The molecule has 4 aromatic rings. The topological polar surface area (TPSA) is 132 Å². The van der Waals surface area contributed by atoms with E-state index in [1.54, 1.807) is 65.8 Å². The van der Waals surface area contributed by atoms with Crippen molar-refractivity contribution >= 4 is 17.7 Å². The number of carbonyl (C=O) groups excluding carboxylic acids is 3. The molecule has 1 fully saturated rings. The number of likely N-dealkylation sites (tertiary alicyclic amines) is 1. The van der Waals surface area contributed by atoms with Crippen LogP contribution in [0.1, 0.15) is 26.3 Å². The summed E-state index contributed by atoms with van der Waals surface area (Å²) in [6, 6.07) is 17.1. The molecule has 7 rings (SSSR count). The SMILES string of the molecule is COc1cc2ccc1CNC(=O)COc1cccc(c1)-c1cncc(c1)C(=O)N[C@H]1CN(C(=O)c3cccnc3)C[C@@H]1O2. The van der Waals surface area contributed by atoms with E-state index in [0.717, 1.165) is 11.1 Å². The highest BCUT2D eigenvalue weighted by Gasteiger charge is 2.38. The van der Waals surface area contributed by atoms with Gasteiger partial charge in [0.15, 0.2) is 6.61 Å². The number of nitrogens with one attached hydrogen (secondary N) is 2. The third kappa shape index (κ3) is 6.25. The molecular formula is C32H29N5O6. The van der Waals surface area contributed by atoms with Crippen molar-refractivity contribution in [3.63, 3.8) is 0 Å². The summed E-state index contributed by atoms with van der Waals surface area (Å²) in [5.41, 5.74) is 3.02. The predicted molar refractivity (Wildman–Crippen MR) is 156 cm³/mol. The lowest BCUT2D eigenvalue weighted by Crippen LogP contribution is -2.45. The summed E-state index contributed by atoms with van der Waals surface area (Å²) in [5, 5.41) is 5.91. The molecule has 0 spiro atoms. The van der Waals surface area contributed by atoms with Crippen molar-refractivity contribution in [2.75, 3.05) is 26.8 Å². The maximum atomic E-state index is 13.5. The third-order valence-corrected chi connectivity index (χ3v) is 7.34. The van der Waals surface area contributed by atoms with Gasteiger partial charge in [-0.15, -0.1) is 0 Å². The van der Waals surface area contributed by atoms with Crippen LogP contribution in [0.5, 0.6) is 17.2 Å². The molecule has 3 amide bonds. The lowest BCUT2D eigenvalue weighted by atomic mass is 10.1. The van der Waals surface area contributed by atoms with Gasteiger partial charge in [0.1, 0.15) is 23.4 Å². The highest BCUT2D eigenvalue weighted by atomic mass is 16.5. The maximum absolute atomic E-state index is 13.5. The van der Waals surface area contributed by atoms with Crippen LogP contribution >= 0.6 is 0 Å². The van der Waals surface area contributed by atoms with Gasteiger partial charge in [-0.05, 0) is 48.0 Å².